The molecule has 0 saturated heterocycles. The molecule has 0 radical (unpaired) electrons. The maximum absolute atomic E-state index is 14.3. The first-order valence-electron chi connectivity index (χ1n) is 14.0. The van der Waals surface area contributed by atoms with Crippen molar-refractivity contribution in [1.82, 2.24) is 0 Å². The summed E-state index contributed by atoms with van der Waals surface area (Å²) >= 11 is 10.4. The first-order valence-corrected chi connectivity index (χ1v) is 14.8. The van der Waals surface area contributed by atoms with E-state index in [1.54, 1.807) is 6.92 Å². The molecule has 37 heavy (non-hydrogen) atoms. The third-order valence-corrected chi connectivity index (χ3v) is 12.3. The van der Waals surface area contributed by atoms with Crippen molar-refractivity contribution < 1.29 is 23.8 Å². The van der Waals surface area contributed by atoms with E-state index in [1.165, 1.54) is 7.11 Å². The van der Waals surface area contributed by atoms with Gasteiger partial charge < -0.3 is 14.2 Å². The molecular formula is C30H46O5S2. The normalized spacial score (nSPS) is 44.5. The van der Waals surface area contributed by atoms with Crippen molar-refractivity contribution in [3.63, 3.8) is 0 Å². The highest BCUT2D eigenvalue weighted by Crippen LogP contribution is 2.74. The summed E-state index contributed by atoms with van der Waals surface area (Å²) in [7, 11) is 1.36. The number of hydrogen-bond acceptors (Lipinski definition) is 7. The second-order valence-electron chi connectivity index (χ2n) is 13.8. The number of rotatable bonds is 4. The maximum atomic E-state index is 14.3. The first kappa shape index (κ1) is 28.9. The van der Waals surface area contributed by atoms with Gasteiger partial charge in [-0.2, -0.15) is 0 Å². The number of ketones is 1. The van der Waals surface area contributed by atoms with Crippen molar-refractivity contribution in [2.45, 2.75) is 106 Å². The van der Waals surface area contributed by atoms with Crippen molar-refractivity contribution in [2.24, 2.45) is 44.8 Å². The summed E-state index contributed by atoms with van der Waals surface area (Å²) in [5.74, 6) is 0.407. The van der Waals surface area contributed by atoms with Crippen LogP contribution in [-0.4, -0.2) is 41.7 Å². The molecular weight excluding hydrogens is 504 g/mol. The van der Waals surface area contributed by atoms with E-state index in [-0.39, 0.29) is 46.1 Å². The van der Waals surface area contributed by atoms with E-state index in [4.69, 9.17) is 38.6 Å². The van der Waals surface area contributed by atoms with Gasteiger partial charge in [-0.1, -0.05) is 34.6 Å². The molecule has 0 aromatic carbocycles. The van der Waals surface area contributed by atoms with Crippen LogP contribution >= 0.6 is 24.4 Å². The van der Waals surface area contributed by atoms with Crippen LogP contribution in [0.4, 0.5) is 0 Å². The fraction of sp³-hybridized carbons (Fsp3) is 0.867. The highest BCUT2D eigenvalue weighted by Gasteiger charge is 2.71. The lowest BCUT2D eigenvalue weighted by atomic mass is 9.33. The summed E-state index contributed by atoms with van der Waals surface area (Å²) in [5, 5.41) is 0.982. The molecule has 4 saturated carbocycles. The molecule has 0 spiro atoms. The van der Waals surface area contributed by atoms with Crippen molar-refractivity contribution in [1.29, 1.82) is 0 Å². The third kappa shape index (κ3) is 4.11. The summed E-state index contributed by atoms with van der Waals surface area (Å²) in [6.07, 6.45) is 7.58. The molecule has 4 rings (SSSR count). The Hall–Kier alpha value is -1.08. The standard InChI is InChI=1S/C30H46O5S2/c1-18(36)34-17-30(25(32)33-8)16-15-28(6)20(24(30)31)9-10-22-27(5)13-12-23(35-19(2)37)26(3,4)21(27)11-14-29(22,28)7/h20-23H,9-17H2,1-8H3/t20-,21+,22-,23+,27+,28-,29-,30+/m1/s1. The summed E-state index contributed by atoms with van der Waals surface area (Å²) in [6.45, 7) is 15.6. The minimum absolute atomic E-state index is 0.00481. The molecule has 5 nitrogen and oxygen atoms in total. The lowest BCUT2D eigenvalue weighted by Crippen LogP contribution is -2.68. The Balaban J connectivity index is 1.68. The molecule has 8 atom stereocenters. The number of hydrogen-bond donors (Lipinski definition) is 0. The summed E-state index contributed by atoms with van der Waals surface area (Å²) in [6, 6.07) is 0. The largest absolute Gasteiger partial charge is 0.486 e. The van der Waals surface area contributed by atoms with E-state index in [2.05, 4.69) is 34.6 Å². The van der Waals surface area contributed by atoms with Crippen LogP contribution in [-0.2, 0) is 23.8 Å². The number of fused-ring (bicyclic) bond motifs is 5. The van der Waals surface area contributed by atoms with Gasteiger partial charge in [0.25, 0.3) is 0 Å². The lowest BCUT2D eigenvalue weighted by molar-refractivity contribution is -0.232. The Bertz CT molecular complexity index is 992. The number of Topliss-reactive ketones (excluding diaryl/α,β-unsaturated/α-hetero) is 1. The predicted octanol–water partition coefficient (Wildman–Crippen LogP) is 6.88. The van der Waals surface area contributed by atoms with Crippen LogP contribution in [0.2, 0.25) is 0 Å². The fourth-order valence-electron chi connectivity index (χ4n) is 9.96. The number of esters is 1. The Morgan fingerprint density at radius 3 is 2.14 bits per heavy atom. The number of thiocarbonyl (C=S) groups is 2. The van der Waals surface area contributed by atoms with Crippen molar-refractivity contribution in [3.05, 3.63) is 0 Å². The lowest BCUT2D eigenvalue weighted by Gasteiger charge is -2.71. The van der Waals surface area contributed by atoms with Gasteiger partial charge in [-0.3, -0.25) is 9.59 Å². The minimum atomic E-state index is -1.26. The highest BCUT2D eigenvalue weighted by atomic mass is 32.1. The van der Waals surface area contributed by atoms with Crippen molar-refractivity contribution in [2.75, 3.05) is 13.7 Å². The average Bonchev–Trinajstić information content (AvgIpc) is 2.81. The number of carbonyl (C=O) groups is 2. The van der Waals surface area contributed by atoms with Crippen LogP contribution in [0.15, 0.2) is 0 Å². The van der Waals surface area contributed by atoms with Gasteiger partial charge in [0.1, 0.15) is 12.7 Å². The molecule has 0 aromatic heterocycles. The molecule has 0 heterocycles. The molecule has 4 aliphatic rings. The minimum Gasteiger partial charge on any atom is -0.486 e. The molecule has 0 amide bonds. The molecule has 4 aliphatic carbocycles. The zero-order valence-electron chi connectivity index (χ0n) is 24.0. The van der Waals surface area contributed by atoms with Gasteiger partial charge >= 0.3 is 5.97 Å². The Kier molecular flexibility index (Phi) is 7.45. The molecule has 208 valence electrons. The van der Waals surface area contributed by atoms with Crippen LogP contribution in [0, 0.1) is 44.8 Å². The van der Waals surface area contributed by atoms with Gasteiger partial charge in [0.05, 0.1) is 7.11 Å². The van der Waals surface area contributed by atoms with E-state index in [9.17, 15) is 9.59 Å². The van der Waals surface area contributed by atoms with E-state index < -0.39 is 11.4 Å². The van der Waals surface area contributed by atoms with E-state index in [1.807, 2.05) is 6.92 Å². The molecule has 0 aliphatic heterocycles. The van der Waals surface area contributed by atoms with Crippen LogP contribution in [0.3, 0.4) is 0 Å². The van der Waals surface area contributed by atoms with E-state index in [0.717, 1.165) is 44.9 Å². The van der Waals surface area contributed by atoms with Gasteiger partial charge in [0.2, 0.25) is 0 Å². The zero-order chi connectivity index (χ0) is 27.6. The second-order valence-corrected chi connectivity index (χ2v) is 14.9. The van der Waals surface area contributed by atoms with Gasteiger partial charge in [-0.25, -0.2) is 0 Å². The van der Waals surface area contributed by atoms with Gasteiger partial charge in [-0.15, -0.1) is 0 Å². The van der Waals surface area contributed by atoms with Gasteiger partial charge in [0.15, 0.2) is 21.3 Å². The predicted molar refractivity (Wildman–Crippen MR) is 152 cm³/mol. The van der Waals surface area contributed by atoms with Crippen LogP contribution < -0.4 is 0 Å². The monoisotopic (exact) mass is 550 g/mol. The average molecular weight is 551 g/mol. The zero-order valence-corrected chi connectivity index (χ0v) is 25.7. The van der Waals surface area contributed by atoms with Crippen LogP contribution in [0.5, 0.6) is 0 Å². The number of methoxy groups -OCH3 is 1. The summed E-state index contributed by atoms with van der Waals surface area (Å²) < 4.78 is 17.0. The Morgan fingerprint density at radius 2 is 1.54 bits per heavy atom. The van der Waals surface area contributed by atoms with Gasteiger partial charge in [-0.05, 0) is 104 Å². The molecule has 0 N–H and O–H groups in total. The Labute approximate surface area is 234 Å². The summed E-state index contributed by atoms with van der Waals surface area (Å²) in [5.41, 5.74) is -1.21. The molecule has 0 bridgehead atoms. The smallest absolute Gasteiger partial charge is 0.322 e. The van der Waals surface area contributed by atoms with Crippen LogP contribution in [0.25, 0.3) is 0 Å². The van der Waals surface area contributed by atoms with E-state index >= 15 is 0 Å². The quantitative estimate of drug-likeness (QED) is 0.215. The van der Waals surface area contributed by atoms with Crippen molar-refractivity contribution >= 4 is 46.3 Å². The van der Waals surface area contributed by atoms with Crippen LogP contribution in [0.1, 0.15) is 99.8 Å². The molecule has 7 heteroatoms. The van der Waals surface area contributed by atoms with E-state index in [0.29, 0.717) is 28.4 Å². The molecule has 0 aromatic rings. The number of ether oxygens (including phenoxy) is 3. The first-order chi connectivity index (χ1) is 17.1. The fourth-order valence-corrected chi connectivity index (χ4v) is 10.1. The van der Waals surface area contributed by atoms with Crippen molar-refractivity contribution in [3.8, 4) is 0 Å². The molecule has 4 fully saturated rings. The highest BCUT2D eigenvalue weighted by molar-refractivity contribution is 7.80. The van der Waals surface area contributed by atoms with Gasteiger partial charge in [0, 0.05) is 25.2 Å². The molecule has 0 unspecified atom stereocenters. The SMILES string of the molecule is COC(=O)[C@]1(COC(C)=S)CC[C@]2(C)[C@H](CC[C@@H]3[C@@]4(C)CC[C@H](OC(C)=S)C(C)(C)[C@@H]4CC[C@]32C)C1=O. The number of carbonyl (C=O) groups excluding carboxylic acids is 2. The Morgan fingerprint density at radius 1 is 0.865 bits per heavy atom. The topological polar surface area (TPSA) is 61.8 Å². The summed E-state index contributed by atoms with van der Waals surface area (Å²) in [4.78, 5) is 27.4. The maximum Gasteiger partial charge on any atom is 0.322 e. The third-order valence-electron chi connectivity index (χ3n) is 12.1. The second kappa shape index (κ2) is 9.53.